The van der Waals surface area contributed by atoms with Crippen molar-refractivity contribution in [3.63, 3.8) is 0 Å². The van der Waals surface area contributed by atoms with E-state index in [-0.39, 0.29) is 5.75 Å². The summed E-state index contributed by atoms with van der Waals surface area (Å²) >= 11 is 0. The highest BCUT2D eigenvalue weighted by molar-refractivity contribution is 7.88. The van der Waals surface area contributed by atoms with Crippen LogP contribution in [0.5, 0.6) is 0 Å². The van der Waals surface area contributed by atoms with Crippen molar-refractivity contribution in [3.8, 4) is 0 Å². The summed E-state index contributed by atoms with van der Waals surface area (Å²) in [5.74, 6) is -0.105. The molecular formula is C10H13NO3S. The van der Waals surface area contributed by atoms with Crippen molar-refractivity contribution in [2.75, 3.05) is 0 Å². The van der Waals surface area contributed by atoms with E-state index in [4.69, 9.17) is 0 Å². The molecule has 0 amide bonds. The molecule has 0 aliphatic rings. The van der Waals surface area contributed by atoms with Crippen molar-refractivity contribution in [3.05, 3.63) is 35.9 Å². The number of hydrogen-bond acceptors (Lipinski definition) is 3. The van der Waals surface area contributed by atoms with Gasteiger partial charge < -0.3 is 4.79 Å². The van der Waals surface area contributed by atoms with Crippen LogP contribution in [0.4, 0.5) is 0 Å². The van der Waals surface area contributed by atoms with Crippen LogP contribution in [-0.4, -0.2) is 20.7 Å². The van der Waals surface area contributed by atoms with Gasteiger partial charge in [-0.15, -0.1) is 0 Å². The minimum atomic E-state index is -3.43. The summed E-state index contributed by atoms with van der Waals surface area (Å²) in [5, 5.41) is 0. The standard InChI is InChI=1S/C10H13NO3S/c1-9(7-12)11-15(13,14)8-10-5-3-2-4-6-10/h2-7,9,11H,8H2,1H3. The molecule has 5 heteroatoms. The minimum absolute atomic E-state index is 0.105. The molecule has 0 fully saturated rings. The Labute approximate surface area is 89.4 Å². The van der Waals surface area contributed by atoms with Gasteiger partial charge in [-0.2, -0.15) is 0 Å². The molecule has 1 atom stereocenters. The minimum Gasteiger partial charge on any atom is -0.302 e. The van der Waals surface area contributed by atoms with Gasteiger partial charge in [0.25, 0.3) is 0 Å². The van der Waals surface area contributed by atoms with E-state index in [0.29, 0.717) is 11.8 Å². The lowest BCUT2D eigenvalue weighted by Crippen LogP contribution is -2.34. The number of rotatable bonds is 5. The largest absolute Gasteiger partial charge is 0.302 e. The van der Waals surface area contributed by atoms with Crippen LogP contribution in [0.3, 0.4) is 0 Å². The summed E-state index contributed by atoms with van der Waals surface area (Å²) < 4.78 is 25.3. The Morgan fingerprint density at radius 1 is 1.33 bits per heavy atom. The number of benzene rings is 1. The van der Waals surface area contributed by atoms with Crippen molar-refractivity contribution in [1.82, 2.24) is 4.72 Å². The number of hydrogen-bond donors (Lipinski definition) is 1. The third kappa shape index (κ3) is 4.22. The summed E-state index contributed by atoms with van der Waals surface area (Å²) in [6, 6.07) is 8.13. The molecular weight excluding hydrogens is 214 g/mol. The summed E-state index contributed by atoms with van der Waals surface area (Å²) in [5.41, 5.74) is 0.697. The van der Waals surface area contributed by atoms with E-state index in [0.717, 1.165) is 0 Å². The lowest BCUT2D eigenvalue weighted by atomic mass is 10.2. The third-order valence-electron chi connectivity index (χ3n) is 1.77. The zero-order valence-electron chi connectivity index (χ0n) is 8.38. The average Bonchev–Trinajstić information content (AvgIpc) is 2.17. The Morgan fingerprint density at radius 3 is 2.47 bits per heavy atom. The van der Waals surface area contributed by atoms with E-state index >= 15 is 0 Å². The molecule has 0 aromatic heterocycles. The van der Waals surface area contributed by atoms with Gasteiger partial charge in [0.1, 0.15) is 6.29 Å². The van der Waals surface area contributed by atoms with Crippen LogP contribution in [0.2, 0.25) is 0 Å². The average molecular weight is 227 g/mol. The van der Waals surface area contributed by atoms with Crippen LogP contribution < -0.4 is 4.72 Å². The molecule has 1 rings (SSSR count). The molecule has 1 unspecified atom stereocenters. The third-order valence-corrected chi connectivity index (χ3v) is 3.21. The van der Waals surface area contributed by atoms with Gasteiger partial charge in [-0.3, -0.25) is 0 Å². The Morgan fingerprint density at radius 2 is 1.93 bits per heavy atom. The maximum Gasteiger partial charge on any atom is 0.216 e. The van der Waals surface area contributed by atoms with Crippen molar-refractivity contribution in [1.29, 1.82) is 0 Å². The highest BCUT2D eigenvalue weighted by Crippen LogP contribution is 2.04. The predicted octanol–water partition coefficient (Wildman–Crippen LogP) is 0.693. The fraction of sp³-hybridized carbons (Fsp3) is 0.300. The van der Waals surface area contributed by atoms with Crippen molar-refractivity contribution >= 4 is 16.3 Å². The Bertz CT molecular complexity index is 414. The van der Waals surface area contributed by atoms with Gasteiger partial charge in [0, 0.05) is 0 Å². The van der Waals surface area contributed by atoms with Gasteiger partial charge in [-0.25, -0.2) is 13.1 Å². The lowest BCUT2D eigenvalue weighted by molar-refractivity contribution is -0.108. The van der Waals surface area contributed by atoms with E-state index in [2.05, 4.69) is 4.72 Å². The summed E-state index contributed by atoms with van der Waals surface area (Å²) in [6.07, 6.45) is 0.558. The smallest absolute Gasteiger partial charge is 0.216 e. The maximum absolute atomic E-state index is 11.5. The van der Waals surface area contributed by atoms with Gasteiger partial charge >= 0.3 is 0 Å². The molecule has 1 aromatic carbocycles. The first-order chi connectivity index (χ1) is 7.03. The van der Waals surface area contributed by atoms with E-state index < -0.39 is 16.1 Å². The fourth-order valence-electron chi connectivity index (χ4n) is 1.15. The van der Waals surface area contributed by atoms with Crippen LogP contribution in [0.1, 0.15) is 12.5 Å². The van der Waals surface area contributed by atoms with Gasteiger partial charge in [0.05, 0.1) is 11.8 Å². The highest BCUT2D eigenvalue weighted by atomic mass is 32.2. The quantitative estimate of drug-likeness (QED) is 0.753. The second kappa shape index (κ2) is 5.04. The van der Waals surface area contributed by atoms with Gasteiger partial charge in [0.15, 0.2) is 0 Å². The van der Waals surface area contributed by atoms with Gasteiger partial charge in [-0.1, -0.05) is 30.3 Å². The molecule has 0 aliphatic heterocycles. The second-order valence-corrected chi connectivity index (χ2v) is 5.04. The Kier molecular flexibility index (Phi) is 3.99. The zero-order valence-corrected chi connectivity index (χ0v) is 9.20. The molecule has 0 spiro atoms. The van der Waals surface area contributed by atoms with Crippen molar-refractivity contribution < 1.29 is 13.2 Å². The van der Waals surface area contributed by atoms with Gasteiger partial charge in [0.2, 0.25) is 10.0 Å². The van der Waals surface area contributed by atoms with E-state index in [9.17, 15) is 13.2 Å². The number of aldehydes is 1. The monoisotopic (exact) mass is 227 g/mol. The van der Waals surface area contributed by atoms with E-state index in [1.54, 1.807) is 24.3 Å². The van der Waals surface area contributed by atoms with Crippen LogP contribution in [0.25, 0.3) is 0 Å². The molecule has 0 bridgehead atoms. The molecule has 0 saturated heterocycles. The van der Waals surface area contributed by atoms with Crippen LogP contribution in [-0.2, 0) is 20.6 Å². The zero-order chi connectivity index (χ0) is 11.3. The SMILES string of the molecule is CC(C=O)NS(=O)(=O)Cc1ccccc1. The van der Waals surface area contributed by atoms with Crippen molar-refractivity contribution in [2.24, 2.45) is 0 Å². The second-order valence-electron chi connectivity index (χ2n) is 3.29. The highest BCUT2D eigenvalue weighted by Gasteiger charge is 2.14. The summed E-state index contributed by atoms with van der Waals surface area (Å²) in [7, 11) is -3.43. The number of carbonyl (C=O) groups excluding carboxylic acids is 1. The molecule has 0 radical (unpaired) electrons. The molecule has 4 nitrogen and oxygen atoms in total. The first kappa shape index (κ1) is 11.9. The first-order valence-corrected chi connectivity index (χ1v) is 6.18. The summed E-state index contributed by atoms with van der Waals surface area (Å²) in [6.45, 7) is 1.50. The summed E-state index contributed by atoms with van der Waals surface area (Å²) in [4.78, 5) is 10.3. The first-order valence-electron chi connectivity index (χ1n) is 4.53. The fourth-order valence-corrected chi connectivity index (χ4v) is 2.48. The maximum atomic E-state index is 11.5. The van der Waals surface area contributed by atoms with E-state index in [1.807, 2.05) is 6.07 Å². The van der Waals surface area contributed by atoms with Crippen LogP contribution in [0, 0.1) is 0 Å². The number of carbonyl (C=O) groups is 1. The number of sulfonamides is 1. The predicted molar refractivity (Wildman–Crippen MR) is 57.7 cm³/mol. The molecule has 0 aliphatic carbocycles. The Hall–Kier alpha value is -1.20. The Balaban J connectivity index is 2.69. The normalized spacial score (nSPS) is 13.4. The molecule has 0 heterocycles. The molecule has 15 heavy (non-hydrogen) atoms. The van der Waals surface area contributed by atoms with E-state index in [1.165, 1.54) is 6.92 Å². The van der Waals surface area contributed by atoms with Crippen molar-refractivity contribution in [2.45, 2.75) is 18.7 Å². The topological polar surface area (TPSA) is 63.2 Å². The van der Waals surface area contributed by atoms with Crippen LogP contribution in [0.15, 0.2) is 30.3 Å². The number of nitrogens with one attached hydrogen (secondary N) is 1. The lowest BCUT2D eigenvalue weighted by Gasteiger charge is -2.08. The molecule has 0 saturated carbocycles. The molecule has 1 N–H and O–H groups in total. The molecule has 1 aromatic rings. The molecule has 82 valence electrons. The van der Waals surface area contributed by atoms with Crippen LogP contribution >= 0.6 is 0 Å². The van der Waals surface area contributed by atoms with Gasteiger partial charge in [-0.05, 0) is 12.5 Å².